The minimum atomic E-state index is -3.29. The number of nitrogens with zero attached hydrogens (tertiary/aromatic N) is 1. The zero-order chi connectivity index (χ0) is 13.1. The number of hydrogen-bond donors (Lipinski definition) is 6. The molecule has 1 atom stereocenters. The Kier molecular flexibility index (Phi) is 4.00. The first-order valence-electron chi connectivity index (χ1n) is 4.53. The van der Waals surface area contributed by atoms with Gasteiger partial charge in [-0.2, -0.15) is 0 Å². The number of oxime groups is 1. The van der Waals surface area contributed by atoms with Crippen LogP contribution in [0.1, 0.15) is 0 Å². The number of rotatable bonds is 6. The van der Waals surface area contributed by atoms with Gasteiger partial charge in [0.25, 0.3) is 5.85 Å². The molecule has 1 unspecified atom stereocenters. The highest BCUT2D eigenvalue weighted by Gasteiger charge is 2.41. The van der Waals surface area contributed by atoms with Gasteiger partial charge in [0.1, 0.15) is 5.84 Å². The van der Waals surface area contributed by atoms with Gasteiger partial charge in [-0.05, 0) is 0 Å². The second-order valence-electron chi connectivity index (χ2n) is 3.35. The number of hydroxylamine groups is 1. The fourth-order valence-electron chi connectivity index (χ4n) is 1.09. The molecule has 0 radical (unpaired) electrons. The summed E-state index contributed by atoms with van der Waals surface area (Å²) >= 11 is 0. The van der Waals surface area contributed by atoms with Crippen LogP contribution in [-0.4, -0.2) is 50.3 Å². The van der Waals surface area contributed by atoms with Crippen molar-refractivity contribution in [3.8, 4) is 0 Å². The predicted molar refractivity (Wildman–Crippen MR) is 59.4 cm³/mol. The molecule has 7 N–H and O–H groups in total. The van der Waals surface area contributed by atoms with Crippen molar-refractivity contribution in [3.05, 3.63) is 0 Å². The van der Waals surface area contributed by atoms with Crippen LogP contribution in [0.15, 0.2) is 5.16 Å². The minimum Gasteiger partial charge on any atom is -0.382 e. The molecule has 17 heavy (non-hydrogen) atoms. The van der Waals surface area contributed by atoms with Gasteiger partial charge in [-0.25, -0.2) is 13.1 Å². The number of nitrogens with two attached hydrogens (primary N) is 1. The molecule has 0 saturated carbocycles. The average Bonchev–Trinajstić information content (AvgIpc) is 2.54. The van der Waals surface area contributed by atoms with Crippen molar-refractivity contribution in [2.45, 2.75) is 5.85 Å². The molecule has 1 aliphatic heterocycles. The van der Waals surface area contributed by atoms with Gasteiger partial charge in [-0.3, -0.25) is 15.7 Å². The van der Waals surface area contributed by atoms with Gasteiger partial charge < -0.3 is 10.8 Å². The molecule has 0 bridgehead atoms. The van der Waals surface area contributed by atoms with E-state index in [4.69, 9.17) is 11.1 Å². The van der Waals surface area contributed by atoms with E-state index in [0.29, 0.717) is 0 Å². The molecule has 1 heterocycles. The van der Waals surface area contributed by atoms with Gasteiger partial charge in [-0.15, -0.1) is 0 Å². The Bertz CT molecular complexity index is 434. The summed E-state index contributed by atoms with van der Waals surface area (Å²) in [7, 11) is -3.29. The molecular formula is C6H14N6O4S. The molecule has 98 valence electrons. The lowest BCUT2D eigenvalue weighted by Gasteiger charge is -2.22. The van der Waals surface area contributed by atoms with Gasteiger partial charge >= 0.3 is 0 Å². The normalized spacial score (nSPS) is 24.2. The van der Waals surface area contributed by atoms with E-state index in [1.807, 2.05) is 0 Å². The topological polar surface area (TPSA) is 162 Å². The first-order chi connectivity index (χ1) is 7.75. The molecule has 0 aromatic heterocycles. The second-order valence-corrected chi connectivity index (χ2v) is 5.18. The number of hydrogen-bond acceptors (Lipinski definition) is 8. The fraction of sp³-hybridized carbons (Fsp3) is 0.667. The maximum atomic E-state index is 10.8. The van der Waals surface area contributed by atoms with E-state index >= 15 is 0 Å². The maximum Gasteiger partial charge on any atom is 0.257 e. The number of aliphatic hydroxyl groups is 1. The summed E-state index contributed by atoms with van der Waals surface area (Å²) in [4.78, 5) is 4.40. The van der Waals surface area contributed by atoms with Crippen LogP contribution >= 0.6 is 0 Å². The molecule has 1 aliphatic rings. The lowest BCUT2D eigenvalue weighted by molar-refractivity contribution is -0.0753. The lowest BCUT2D eigenvalue weighted by atomic mass is 10.2. The van der Waals surface area contributed by atoms with Crippen molar-refractivity contribution < 1.29 is 18.5 Å². The van der Waals surface area contributed by atoms with Crippen molar-refractivity contribution in [1.82, 2.24) is 15.5 Å². The van der Waals surface area contributed by atoms with E-state index in [0.717, 1.165) is 6.26 Å². The summed E-state index contributed by atoms with van der Waals surface area (Å²) in [6, 6.07) is 0. The molecule has 10 nitrogen and oxygen atoms in total. The van der Waals surface area contributed by atoms with Crippen LogP contribution in [0.25, 0.3) is 0 Å². The summed E-state index contributed by atoms with van der Waals surface area (Å²) < 4.78 is 23.7. The highest BCUT2D eigenvalue weighted by molar-refractivity contribution is 7.88. The monoisotopic (exact) mass is 266 g/mol. The smallest absolute Gasteiger partial charge is 0.257 e. The van der Waals surface area contributed by atoms with Gasteiger partial charge in [0.05, 0.1) is 6.26 Å². The average molecular weight is 266 g/mol. The molecular weight excluding hydrogens is 252 g/mol. The van der Waals surface area contributed by atoms with Crippen molar-refractivity contribution in [1.29, 1.82) is 5.41 Å². The Morgan fingerprint density at radius 2 is 2.35 bits per heavy atom. The molecule has 0 saturated heterocycles. The van der Waals surface area contributed by atoms with E-state index in [2.05, 4.69) is 25.6 Å². The highest BCUT2D eigenvalue weighted by atomic mass is 32.2. The van der Waals surface area contributed by atoms with Crippen molar-refractivity contribution in [2.75, 3.05) is 19.3 Å². The quantitative estimate of drug-likeness (QED) is 0.126. The molecule has 0 amide bonds. The zero-order valence-corrected chi connectivity index (χ0v) is 9.84. The van der Waals surface area contributed by atoms with E-state index in [1.54, 1.807) is 0 Å². The zero-order valence-electron chi connectivity index (χ0n) is 9.02. The SMILES string of the molecule is CS(=O)(=O)NCCNC1(O)NON=C1C(=N)N. The van der Waals surface area contributed by atoms with E-state index in [9.17, 15) is 13.5 Å². The molecule has 0 spiro atoms. The van der Waals surface area contributed by atoms with Crippen LogP contribution in [0.2, 0.25) is 0 Å². The van der Waals surface area contributed by atoms with Gasteiger partial charge in [0.2, 0.25) is 10.0 Å². The second kappa shape index (κ2) is 4.93. The third-order valence-electron chi connectivity index (χ3n) is 1.80. The van der Waals surface area contributed by atoms with Crippen LogP contribution in [0.4, 0.5) is 0 Å². The van der Waals surface area contributed by atoms with Crippen LogP contribution < -0.4 is 21.3 Å². The molecule has 0 aliphatic carbocycles. The Hall–Kier alpha value is -1.27. The first-order valence-corrected chi connectivity index (χ1v) is 6.42. The summed E-state index contributed by atoms with van der Waals surface area (Å²) in [5.41, 5.74) is 7.05. The van der Waals surface area contributed by atoms with Crippen molar-refractivity contribution in [3.63, 3.8) is 0 Å². The maximum absolute atomic E-state index is 10.8. The molecule has 11 heteroatoms. The summed E-state index contributed by atoms with van der Waals surface area (Å²) in [6.07, 6.45) is 1.01. The molecule has 0 aromatic rings. The fourth-order valence-corrected chi connectivity index (χ4v) is 1.57. The number of sulfonamides is 1. The third kappa shape index (κ3) is 3.90. The highest BCUT2D eigenvalue weighted by Crippen LogP contribution is 2.06. The Balaban J connectivity index is 2.46. The summed E-state index contributed by atoms with van der Waals surface area (Å²) in [6.45, 7) is 0.125. The third-order valence-corrected chi connectivity index (χ3v) is 2.53. The van der Waals surface area contributed by atoms with Crippen LogP contribution in [0, 0.1) is 5.41 Å². The van der Waals surface area contributed by atoms with Gasteiger partial charge in [0.15, 0.2) is 5.71 Å². The minimum absolute atomic E-state index is 0.0496. The lowest BCUT2D eigenvalue weighted by Crippen LogP contribution is -2.62. The van der Waals surface area contributed by atoms with E-state index in [1.165, 1.54) is 0 Å². The van der Waals surface area contributed by atoms with Gasteiger partial charge in [0, 0.05) is 13.1 Å². The standard InChI is InChI=1S/C6H14N6O4S/c1-17(14,15)10-3-2-9-6(13)4(5(7)8)11-16-12-6/h9-10,12-13H,2-3H2,1H3,(H3,7,8). The van der Waals surface area contributed by atoms with E-state index < -0.39 is 21.7 Å². The predicted octanol–water partition coefficient (Wildman–Crippen LogP) is -3.40. The van der Waals surface area contributed by atoms with Crippen LogP contribution in [0.5, 0.6) is 0 Å². The van der Waals surface area contributed by atoms with Crippen LogP contribution in [0.3, 0.4) is 0 Å². The summed E-state index contributed by atoms with van der Waals surface area (Å²) in [5, 5.41) is 22.8. The Morgan fingerprint density at radius 3 is 2.88 bits per heavy atom. The largest absolute Gasteiger partial charge is 0.382 e. The number of nitrogens with one attached hydrogen (secondary N) is 4. The number of amidine groups is 1. The van der Waals surface area contributed by atoms with Crippen molar-refractivity contribution in [2.24, 2.45) is 10.9 Å². The molecule has 0 fully saturated rings. The Morgan fingerprint density at radius 1 is 1.71 bits per heavy atom. The van der Waals surface area contributed by atoms with Gasteiger partial charge in [-0.1, -0.05) is 10.6 Å². The van der Waals surface area contributed by atoms with Crippen LogP contribution in [-0.2, 0) is 15.0 Å². The van der Waals surface area contributed by atoms with Crippen molar-refractivity contribution >= 4 is 21.6 Å². The Labute approximate surface area is 97.7 Å². The molecule has 0 aromatic carbocycles. The molecule has 1 rings (SSSR count). The first kappa shape index (κ1) is 13.8. The van der Waals surface area contributed by atoms with E-state index in [-0.39, 0.29) is 18.8 Å². The summed E-state index contributed by atoms with van der Waals surface area (Å²) in [5.74, 6) is -2.37.